The number of aryl methyl sites for hydroxylation is 2. The molecule has 114 valence electrons. The third-order valence-electron chi connectivity index (χ3n) is 3.34. The van der Waals surface area contributed by atoms with E-state index >= 15 is 0 Å². The third kappa shape index (κ3) is 3.73. The number of methoxy groups -OCH3 is 1. The molecule has 0 heterocycles. The molecule has 0 atom stereocenters. The zero-order valence-corrected chi connectivity index (χ0v) is 12.9. The number of rotatable bonds is 5. The molecule has 22 heavy (non-hydrogen) atoms. The number of carbonyl (C=O) groups is 2. The Kier molecular flexibility index (Phi) is 4.94. The van der Waals surface area contributed by atoms with Gasteiger partial charge in [0.2, 0.25) is 0 Å². The van der Waals surface area contributed by atoms with Gasteiger partial charge >= 0.3 is 5.97 Å². The van der Waals surface area contributed by atoms with E-state index < -0.39 is 5.97 Å². The summed E-state index contributed by atoms with van der Waals surface area (Å²) in [5.41, 5.74) is 3.08. The van der Waals surface area contributed by atoms with Crippen molar-refractivity contribution in [3.8, 4) is 5.75 Å². The Morgan fingerprint density at radius 2 is 1.68 bits per heavy atom. The number of hydrogen-bond acceptors (Lipinski definition) is 4. The monoisotopic (exact) mass is 298 g/mol. The van der Waals surface area contributed by atoms with Gasteiger partial charge in [0.05, 0.1) is 12.7 Å². The van der Waals surface area contributed by atoms with Crippen LogP contribution in [-0.4, -0.2) is 25.5 Å². The minimum atomic E-state index is -0.405. The molecular formula is C18H18O4. The average Bonchev–Trinajstić information content (AvgIpc) is 2.54. The fourth-order valence-electron chi connectivity index (χ4n) is 2.07. The molecule has 0 aromatic heterocycles. The molecule has 0 spiro atoms. The van der Waals surface area contributed by atoms with E-state index in [9.17, 15) is 9.59 Å². The number of ether oxygens (including phenoxy) is 2. The molecule has 2 aromatic carbocycles. The van der Waals surface area contributed by atoms with Crippen LogP contribution in [0.1, 0.15) is 31.8 Å². The van der Waals surface area contributed by atoms with Crippen molar-refractivity contribution in [3.63, 3.8) is 0 Å². The minimum Gasteiger partial charge on any atom is -0.485 e. The van der Waals surface area contributed by atoms with Crippen LogP contribution in [0.15, 0.2) is 42.5 Å². The van der Waals surface area contributed by atoms with E-state index in [-0.39, 0.29) is 12.4 Å². The normalized spacial score (nSPS) is 10.1. The summed E-state index contributed by atoms with van der Waals surface area (Å²) < 4.78 is 10.1. The first-order chi connectivity index (χ1) is 10.5. The Morgan fingerprint density at radius 3 is 2.32 bits per heavy atom. The molecule has 0 N–H and O–H groups in total. The van der Waals surface area contributed by atoms with E-state index in [1.54, 1.807) is 24.3 Å². The number of esters is 1. The third-order valence-corrected chi connectivity index (χ3v) is 3.34. The van der Waals surface area contributed by atoms with Crippen LogP contribution >= 0.6 is 0 Å². The quantitative estimate of drug-likeness (QED) is 0.627. The molecule has 2 rings (SSSR count). The molecule has 0 unspecified atom stereocenters. The van der Waals surface area contributed by atoms with Crippen molar-refractivity contribution in [2.75, 3.05) is 13.7 Å². The lowest BCUT2D eigenvalue weighted by atomic mass is 10.0. The highest BCUT2D eigenvalue weighted by Crippen LogP contribution is 2.15. The maximum atomic E-state index is 12.2. The van der Waals surface area contributed by atoms with Gasteiger partial charge in [-0.3, -0.25) is 4.79 Å². The van der Waals surface area contributed by atoms with Gasteiger partial charge in [-0.15, -0.1) is 0 Å². The zero-order chi connectivity index (χ0) is 16.1. The lowest BCUT2D eigenvalue weighted by Crippen LogP contribution is -2.13. The van der Waals surface area contributed by atoms with E-state index in [1.165, 1.54) is 7.11 Å². The van der Waals surface area contributed by atoms with Gasteiger partial charge in [0.1, 0.15) is 5.75 Å². The minimum absolute atomic E-state index is 0.0398. The predicted octanol–water partition coefficient (Wildman–Crippen LogP) is 3.35. The van der Waals surface area contributed by atoms with Gasteiger partial charge in [-0.25, -0.2) is 4.79 Å². The van der Waals surface area contributed by atoms with Crippen LogP contribution in [0.5, 0.6) is 5.75 Å². The standard InChI is InChI=1S/C18H18O4/c1-12-4-5-13(2)16(10-12)17(19)11-22-15-8-6-14(7-9-15)18(20)21-3/h4-10H,11H2,1-3H3. The summed E-state index contributed by atoms with van der Waals surface area (Å²) in [5.74, 6) is 0.0579. The Labute approximate surface area is 129 Å². The van der Waals surface area contributed by atoms with Crippen LogP contribution in [0.2, 0.25) is 0 Å². The number of carbonyl (C=O) groups excluding carboxylic acids is 2. The summed E-state index contributed by atoms with van der Waals surface area (Å²) in [6, 6.07) is 12.2. The Bertz CT molecular complexity index is 687. The van der Waals surface area contributed by atoms with Gasteiger partial charge in [0.15, 0.2) is 12.4 Å². The van der Waals surface area contributed by atoms with Gasteiger partial charge in [0, 0.05) is 5.56 Å². The molecule has 0 bridgehead atoms. The van der Waals surface area contributed by atoms with Gasteiger partial charge in [-0.1, -0.05) is 17.7 Å². The highest BCUT2D eigenvalue weighted by atomic mass is 16.5. The smallest absolute Gasteiger partial charge is 0.337 e. The van der Waals surface area contributed by atoms with Crippen molar-refractivity contribution in [1.29, 1.82) is 0 Å². The first-order valence-corrected chi connectivity index (χ1v) is 6.93. The summed E-state index contributed by atoms with van der Waals surface area (Å²) in [7, 11) is 1.33. The summed E-state index contributed by atoms with van der Waals surface area (Å²) in [6.07, 6.45) is 0. The zero-order valence-electron chi connectivity index (χ0n) is 12.9. The second-order valence-electron chi connectivity index (χ2n) is 5.05. The van der Waals surface area contributed by atoms with Crippen molar-refractivity contribution >= 4 is 11.8 Å². The molecule has 0 saturated carbocycles. The SMILES string of the molecule is COC(=O)c1ccc(OCC(=O)c2cc(C)ccc2C)cc1. The fourth-order valence-corrected chi connectivity index (χ4v) is 2.07. The summed E-state index contributed by atoms with van der Waals surface area (Å²) in [6.45, 7) is 3.81. The van der Waals surface area contributed by atoms with E-state index in [0.29, 0.717) is 16.9 Å². The lowest BCUT2D eigenvalue weighted by molar-refractivity contribution is 0.0600. The molecule has 0 saturated heterocycles. The van der Waals surface area contributed by atoms with E-state index in [1.807, 2.05) is 32.0 Å². The Morgan fingerprint density at radius 1 is 1.00 bits per heavy atom. The summed E-state index contributed by atoms with van der Waals surface area (Å²) >= 11 is 0. The molecule has 0 aliphatic rings. The highest BCUT2D eigenvalue weighted by molar-refractivity contribution is 5.98. The first kappa shape index (κ1) is 15.8. The van der Waals surface area contributed by atoms with Crippen molar-refractivity contribution in [2.45, 2.75) is 13.8 Å². The molecule has 0 fully saturated rings. The maximum Gasteiger partial charge on any atom is 0.337 e. The summed E-state index contributed by atoms with van der Waals surface area (Å²) in [5, 5.41) is 0. The molecule has 4 heteroatoms. The second-order valence-corrected chi connectivity index (χ2v) is 5.05. The van der Waals surface area contributed by atoms with Gasteiger partial charge in [-0.05, 0) is 49.7 Å². The van der Waals surface area contributed by atoms with Gasteiger partial charge in [-0.2, -0.15) is 0 Å². The number of hydrogen-bond donors (Lipinski definition) is 0. The first-order valence-electron chi connectivity index (χ1n) is 6.93. The van der Waals surface area contributed by atoms with E-state index in [2.05, 4.69) is 4.74 Å². The van der Waals surface area contributed by atoms with Crippen LogP contribution in [0.4, 0.5) is 0 Å². The van der Waals surface area contributed by atoms with Crippen molar-refractivity contribution in [2.24, 2.45) is 0 Å². The Hall–Kier alpha value is -2.62. The highest BCUT2D eigenvalue weighted by Gasteiger charge is 2.11. The van der Waals surface area contributed by atoms with Gasteiger partial charge in [0.25, 0.3) is 0 Å². The number of benzene rings is 2. The van der Waals surface area contributed by atoms with Crippen LogP contribution in [-0.2, 0) is 4.74 Å². The molecule has 2 aromatic rings. The number of Topliss-reactive ketones (excluding diaryl/α,β-unsaturated/α-hetero) is 1. The molecule has 0 aliphatic carbocycles. The van der Waals surface area contributed by atoms with Crippen LogP contribution in [0, 0.1) is 13.8 Å². The van der Waals surface area contributed by atoms with Crippen molar-refractivity contribution in [3.05, 3.63) is 64.7 Å². The second kappa shape index (κ2) is 6.89. The van der Waals surface area contributed by atoms with E-state index in [0.717, 1.165) is 11.1 Å². The van der Waals surface area contributed by atoms with Crippen molar-refractivity contribution < 1.29 is 19.1 Å². The molecular weight excluding hydrogens is 280 g/mol. The molecule has 4 nitrogen and oxygen atoms in total. The predicted molar refractivity (Wildman–Crippen MR) is 83.5 cm³/mol. The summed E-state index contributed by atoms with van der Waals surface area (Å²) in [4.78, 5) is 23.5. The maximum absolute atomic E-state index is 12.2. The van der Waals surface area contributed by atoms with Crippen LogP contribution < -0.4 is 4.74 Å². The van der Waals surface area contributed by atoms with Crippen molar-refractivity contribution in [1.82, 2.24) is 0 Å². The van der Waals surface area contributed by atoms with Crippen LogP contribution in [0.3, 0.4) is 0 Å². The molecule has 0 aliphatic heterocycles. The topological polar surface area (TPSA) is 52.6 Å². The number of ketones is 1. The lowest BCUT2D eigenvalue weighted by Gasteiger charge is -2.09. The average molecular weight is 298 g/mol. The molecule has 0 radical (unpaired) electrons. The van der Waals surface area contributed by atoms with Crippen LogP contribution in [0.25, 0.3) is 0 Å². The largest absolute Gasteiger partial charge is 0.485 e. The van der Waals surface area contributed by atoms with E-state index in [4.69, 9.17) is 4.74 Å². The van der Waals surface area contributed by atoms with Gasteiger partial charge < -0.3 is 9.47 Å². The molecule has 0 amide bonds. The fraction of sp³-hybridized carbons (Fsp3) is 0.222. The Balaban J connectivity index is 2.02.